The van der Waals surface area contributed by atoms with Gasteiger partial charge in [-0.05, 0) is 33.8 Å². The number of rotatable bonds is 4. The van der Waals surface area contributed by atoms with Gasteiger partial charge in [-0.3, -0.25) is 0 Å². The van der Waals surface area contributed by atoms with Crippen LogP contribution in [0.25, 0.3) is 0 Å². The van der Waals surface area contributed by atoms with Crippen LogP contribution in [0.1, 0.15) is 37.9 Å². The van der Waals surface area contributed by atoms with E-state index in [2.05, 4.69) is 0 Å². The first-order valence-corrected chi connectivity index (χ1v) is 5.62. The molecule has 1 rings (SSSR count). The Kier molecular flexibility index (Phi) is 4.33. The molecular weight excluding hydrogens is 202 g/mol. The first kappa shape index (κ1) is 13.0. The minimum atomic E-state index is -0.498. The van der Waals surface area contributed by atoms with E-state index in [4.69, 9.17) is 10.5 Å². The third-order valence-corrected chi connectivity index (χ3v) is 2.65. The Bertz CT molecular complexity index is 348. The Balaban J connectivity index is 2.95. The van der Waals surface area contributed by atoms with Gasteiger partial charge in [-0.25, -0.2) is 0 Å². The molecule has 0 radical (unpaired) electrons. The molecule has 0 aliphatic carbocycles. The molecule has 0 heterocycles. The van der Waals surface area contributed by atoms with Crippen LogP contribution in [0.3, 0.4) is 0 Å². The summed E-state index contributed by atoms with van der Waals surface area (Å²) in [5.74, 6) is 0.758. The summed E-state index contributed by atoms with van der Waals surface area (Å²) in [4.78, 5) is 0. The van der Waals surface area contributed by atoms with Gasteiger partial charge in [0.15, 0.2) is 0 Å². The van der Waals surface area contributed by atoms with Crippen molar-refractivity contribution in [3.05, 3.63) is 29.3 Å². The van der Waals surface area contributed by atoms with Gasteiger partial charge in [0.25, 0.3) is 0 Å². The second-order valence-electron chi connectivity index (χ2n) is 4.39. The smallest absolute Gasteiger partial charge is 0.124 e. The molecule has 3 unspecified atom stereocenters. The zero-order valence-electron chi connectivity index (χ0n) is 10.4. The monoisotopic (exact) mass is 223 g/mol. The standard InChI is InChI=1S/C13H21NO2/c1-8-5-6-13(12(7-8)9(2)14)16-11(4)10(3)15/h5-7,9-11,15H,14H2,1-4H3. The number of aryl methyl sites for hydroxylation is 1. The van der Waals surface area contributed by atoms with E-state index in [1.165, 1.54) is 0 Å². The van der Waals surface area contributed by atoms with Gasteiger partial charge < -0.3 is 15.6 Å². The Hall–Kier alpha value is -1.06. The van der Waals surface area contributed by atoms with Gasteiger partial charge >= 0.3 is 0 Å². The lowest BCUT2D eigenvalue weighted by Crippen LogP contribution is -2.26. The van der Waals surface area contributed by atoms with Crippen LogP contribution in [-0.2, 0) is 0 Å². The predicted molar refractivity (Wildman–Crippen MR) is 65.6 cm³/mol. The number of ether oxygens (including phenoxy) is 1. The number of hydrogen-bond acceptors (Lipinski definition) is 3. The van der Waals surface area contributed by atoms with Crippen LogP contribution in [0.2, 0.25) is 0 Å². The highest BCUT2D eigenvalue weighted by Gasteiger charge is 2.14. The highest BCUT2D eigenvalue weighted by Crippen LogP contribution is 2.26. The Labute approximate surface area is 97.2 Å². The number of nitrogens with two attached hydrogens (primary N) is 1. The van der Waals surface area contributed by atoms with E-state index < -0.39 is 6.10 Å². The molecule has 0 aromatic heterocycles. The molecule has 1 aromatic carbocycles. The zero-order chi connectivity index (χ0) is 12.3. The van der Waals surface area contributed by atoms with Crippen molar-refractivity contribution in [1.29, 1.82) is 0 Å². The van der Waals surface area contributed by atoms with Gasteiger partial charge in [-0.2, -0.15) is 0 Å². The fourth-order valence-electron chi connectivity index (χ4n) is 1.43. The van der Waals surface area contributed by atoms with Gasteiger partial charge in [-0.1, -0.05) is 17.7 Å². The third kappa shape index (κ3) is 3.22. The molecule has 0 aliphatic heterocycles. The van der Waals surface area contributed by atoms with Gasteiger partial charge in [0.05, 0.1) is 6.10 Å². The van der Waals surface area contributed by atoms with Crippen LogP contribution >= 0.6 is 0 Å². The minimum absolute atomic E-state index is 0.0731. The normalized spacial score (nSPS) is 16.6. The van der Waals surface area contributed by atoms with Crippen LogP contribution in [0.15, 0.2) is 18.2 Å². The Morgan fingerprint density at radius 1 is 1.25 bits per heavy atom. The Morgan fingerprint density at radius 3 is 2.38 bits per heavy atom. The molecule has 0 aliphatic rings. The maximum absolute atomic E-state index is 9.41. The van der Waals surface area contributed by atoms with Gasteiger partial charge in [-0.15, -0.1) is 0 Å². The fourth-order valence-corrected chi connectivity index (χ4v) is 1.43. The van der Waals surface area contributed by atoms with Crippen molar-refractivity contribution in [2.24, 2.45) is 5.73 Å². The topological polar surface area (TPSA) is 55.5 Å². The Morgan fingerprint density at radius 2 is 1.88 bits per heavy atom. The number of hydrogen-bond donors (Lipinski definition) is 2. The molecule has 90 valence electrons. The van der Waals surface area contributed by atoms with E-state index >= 15 is 0 Å². The maximum Gasteiger partial charge on any atom is 0.124 e. The molecule has 3 heteroatoms. The van der Waals surface area contributed by atoms with Crippen molar-refractivity contribution >= 4 is 0 Å². The molecule has 1 aromatic rings. The summed E-state index contributed by atoms with van der Waals surface area (Å²) in [5.41, 5.74) is 8.03. The summed E-state index contributed by atoms with van der Waals surface area (Å²) in [6.45, 7) is 7.50. The summed E-state index contributed by atoms with van der Waals surface area (Å²) in [5, 5.41) is 9.41. The second-order valence-corrected chi connectivity index (χ2v) is 4.39. The van der Waals surface area contributed by atoms with Gasteiger partial charge in [0.2, 0.25) is 0 Å². The van der Waals surface area contributed by atoms with E-state index in [9.17, 15) is 5.11 Å². The third-order valence-electron chi connectivity index (χ3n) is 2.65. The quantitative estimate of drug-likeness (QED) is 0.822. The summed E-state index contributed by atoms with van der Waals surface area (Å²) in [6.07, 6.45) is -0.734. The number of aliphatic hydroxyl groups excluding tert-OH is 1. The van der Waals surface area contributed by atoms with Crippen molar-refractivity contribution < 1.29 is 9.84 Å². The van der Waals surface area contributed by atoms with E-state index in [1.54, 1.807) is 6.92 Å². The van der Waals surface area contributed by atoms with Gasteiger partial charge in [0, 0.05) is 11.6 Å². The van der Waals surface area contributed by atoms with Crippen LogP contribution in [-0.4, -0.2) is 17.3 Å². The van der Waals surface area contributed by atoms with Crippen molar-refractivity contribution in [1.82, 2.24) is 0 Å². The minimum Gasteiger partial charge on any atom is -0.488 e. The summed E-state index contributed by atoms with van der Waals surface area (Å²) in [7, 11) is 0. The molecule has 0 saturated heterocycles. The number of aliphatic hydroxyl groups is 1. The zero-order valence-corrected chi connectivity index (χ0v) is 10.4. The van der Waals surface area contributed by atoms with Crippen LogP contribution < -0.4 is 10.5 Å². The molecule has 3 N–H and O–H groups in total. The highest BCUT2D eigenvalue weighted by molar-refractivity contribution is 5.38. The van der Waals surface area contributed by atoms with Crippen LogP contribution in [0.5, 0.6) is 5.75 Å². The SMILES string of the molecule is Cc1ccc(OC(C)C(C)O)c(C(C)N)c1. The molecule has 16 heavy (non-hydrogen) atoms. The average molecular weight is 223 g/mol. The maximum atomic E-state index is 9.41. The van der Waals surface area contributed by atoms with Crippen LogP contribution in [0.4, 0.5) is 0 Å². The van der Waals surface area contributed by atoms with E-state index in [0.29, 0.717) is 0 Å². The summed E-state index contributed by atoms with van der Waals surface area (Å²) in [6, 6.07) is 5.84. The van der Waals surface area contributed by atoms with Crippen molar-refractivity contribution in [3.8, 4) is 5.75 Å². The molecule has 0 spiro atoms. The summed E-state index contributed by atoms with van der Waals surface area (Å²) < 4.78 is 5.69. The molecule has 0 amide bonds. The first-order valence-electron chi connectivity index (χ1n) is 5.62. The fraction of sp³-hybridized carbons (Fsp3) is 0.538. The average Bonchev–Trinajstić information content (AvgIpc) is 2.20. The summed E-state index contributed by atoms with van der Waals surface area (Å²) >= 11 is 0. The molecule has 0 fully saturated rings. The van der Waals surface area contributed by atoms with Crippen molar-refractivity contribution in [3.63, 3.8) is 0 Å². The van der Waals surface area contributed by atoms with E-state index in [0.717, 1.165) is 16.9 Å². The molecule has 3 atom stereocenters. The first-order chi connectivity index (χ1) is 7.41. The molecule has 0 saturated carbocycles. The highest BCUT2D eigenvalue weighted by atomic mass is 16.5. The number of benzene rings is 1. The molecular formula is C13H21NO2. The van der Waals surface area contributed by atoms with Crippen LogP contribution in [0, 0.1) is 6.92 Å². The molecule has 0 bridgehead atoms. The second kappa shape index (κ2) is 5.32. The van der Waals surface area contributed by atoms with Gasteiger partial charge in [0.1, 0.15) is 11.9 Å². The lowest BCUT2D eigenvalue weighted by atomic mass is 10.0. The lowest BCUT2D eigenvalue weighted by molar-refractivity contribution is 0.0596. The largest absolute Gasteiger partial charge is 0.488 e. The van der Waals surface area contributed by atoms with Crippen molar-refractivity contribution in [2.75, 3.05) is 0 Å². The van der Waals surface area contributed by atoms with Crippen molar-refractivity contribution in [2.45, 2.75) is 45.9 Å². The van der Waals surface area contributed by atoms with E-state index in [1.807, 2.05) is 39.0 Å². The molecule has 3 nitrogen and oxygen atoms in total. The predicted octanol–water partition coefficient (Wildman–Crippen LogP) is 2.16. The van der Waals surface area contributed by atoms with E-state index in [-0.39, 0.29) is 12.1 Å². The lowest BCUT2D eigenvalue weighted by Gasteiger charge is -2.21.